The van der Waals surface area contributed by atoms with Crippen molar-refractivity contribution in [2.24, 2.45) is 4.99 Å². The van der Waals surface area contributed by atoms with Gasteiger partial charge in [0.2, 0.25) is 0 Å². The molecule has 0 heterocycles. The summed E-state index contributed by atoms with van der Waals surface area (Å²) in [7, 11) is 3.82. The molecular formula is C21H28F2N4. The van der Waals surface area contributed by atoms with Gasteiger partial charge in [-0.1, -0.05) is 24.3 Å². The molecule has 2 rings (SSSR count). The molecule has 0 amide bonds. The highest BCUT2D eigenvalue weighted by Crippen LogP contribution is 2.13. The van der Waals surface area contributed by atoms with Crippen LogP contribution in [0.25, 0.3) is 0 Å². The Balaban J connectivity index is 1.97. The molecule has 0 radical (unpaired) electrons. The van der Waals surface area contributed by atoms with Crippen molar-refractivity contribution >= 4 is 5.96 Å². The Labute approximate surface area is 160 Å². The van der Waals surface area contributed by atoms with Crippen molar-refractivity contribution in [3.05, 3.63) is 70.8 Å². The topological polar surface area (TPSA) is 39.7 Å². The summed E-state index contributed by atoms with van der Waals surface area (Å²) in [6.45, 7) is 4.27. The van der Waals surface area contributed by atoms with Gasteiger partial charge in [-0.2, -0.15) is 0 Å². The highest BCUT2D eigenvalue weighted by Gasteiger charge is 2.06. The monoisotopic (exact) mass is 374 g/mol. The zero-order valence-electron chi connectivity index (χ0n) is 16.2. The summed E-state index contributed by atoms with van der Waals surface area (Å²) in [5.74, 6) is 0.264. The zero-order valence-corrected chi connectivity index (χ0v) is 16.2. The number of aliphatic imine (C=N–C) groups is 1. The van der Waals surface area contributed by atoms with E-state index in [0.717, 1.165) is 12.1 Å². The minimum atomic E-state index is -0.202. The van der Waals surface area contributed by atoms with E-state index in [2.05, 4.69) is 15.6 Å². The number of benzene rings is 2. The van der Waals surface area contributed by atoms with Gasteiger partial charge < -0.3 is 15.5 Å². The Morgan fingerprint density at radius 2 is 1.74 bits per heavy atom. The first-order chi connectivity index (χ1) is 13.0. The quantitative estimate of drug-likeness (QED) is 0.550. The van der Waals surface area contributed by atoms with Gasteiger partial charge in [-0.15, -0.1) is 0 Å². The summed E-state index contributed by atoms with van der Waals surface area (Å²) in [5, 5.41) is 6.39. The van der Waals surface area contributed by atoms with Crippen LogP contribution in [0.15, 0.2) is 47.5 Å². The van der Waals surface area contributed by atoms with E-state index in [1.807, 2.05) is 38.1 Å². The molecule has 0 fully saturated rings. The molecule has 0 atom stereocenters. The Kier molecular flexibility index (Phi) is 8.20. The van der Waals surface area contributed by atoms with Crippen molar-refractivity contribution in [3.8, 4) is 0 Å². The summed E-state index contributed by atoms with van der Waals surface area (Å²) < 4.78 is 27.6. The van der Waals surface area contributed by atoms with Crippen LogP contribution in [0.2, 0.25) is 0 Å². The summed E-state index contributed by atoms with van der Waals surface area (Å²) in [5.41, 5.74) is 2.28. The van der Waals surface area contributed by atoms with Crippen LogP contribution in [0, 0.1) is 11.6 Å². The predicted octanol–water partition coefficient (Wildman–Crippen LogP) is 3.32. The van der Waals surface area contributed by atoms with Gasteiger partial charge in [0.1, 0.15) is 11.6 Å². The van der Waals surface area contributed by atoms with Crippen molar-refractivity contribution in [1.82, 2.24) is 15.5 Å². The molecule has 0 spiro atoms. The first-order valence-electron chi connectivity index (χ1n) is 9.17. The molecule has 0 aliphatic carbocycles. The van der Waals surface area contributed by atoms with Crippen LogP contribution < -0.4 is 10.6 Å². The number of halogens is 2. The smallest absolute Gasteiger partial charge is 0.191 e. The maximum Gasteiger partial charge on any atom is 0.191 e. The Bertz CT molecular complexity index is 760. The van der Waals surface area contributed by atoms with E-state index >= 15 is 0 Å². The number of nitrogens with zero attached hydrogens (tertiary/aromatic N) is 2. The molecular weight excluding hydrogens is 346 g/mol. The minimum absolute atomic E-state index is 0.194. The van der Waals surface area contributed by atoms with E-state index in [9.17, 15) is 8.78 Å². The summed E-state index contributed by atoms with van der Waals surface area (Å²) in [4.78, 5) is 6.48. The van der Waals surface area contributed by atoms with E-state index in [1.165, 1.54) is 12.1 Å². The van der Waals surface area contributed by atoms with Gasteiger partial charge in [0.25, 0.3) is 0 Å². The molecule has 0 bridgehead atoms. The van der Waals surface area contributed by atoms with Crippen molar-refractivity contribution in [3.63, 3.8) is 0 Å². The third-order valence-corrected chi connectivity index (χ3v) is 4.01. The van der Waals surface area contributed by atoms with Crippen LogP contribution in [0.3, 0.4) is 0 Å². The maximum atomic E-state index is 13.9. The largest absolute Gasteiger partial charge is 0.357 e. The van der Waals surface area contributed by atoms with E-state index in [4.69, 9.17) is 0 Å². The molecule has 2 N–H and O–H groups in total. The molecule has 0 aliphatic heterocycles. The van der Waals surface area contributed by atoms with Crippen molar-refractivity contribution in [1.29, 1.82) is 0 Å². The number of nitrogens with one attached hydrogen (secondary N) is 2. The van der Waals surface area contributed by atoms with Gasteiger partial charge in [0, 0.05) is 25.2 Å². The lowest BCUT2D eigenvalue weighted by Crippen LogP contribution is -2.38. The van der Waals surface area contributed by atoms with Gasteiger partial charge in [0.05, 0.1) is 6.54 Å². The second kappa shape index (κ2) is 10.6. The average Bonchev–Trinajstić information content (AvgIpc) is 2.63. The fourth-order valence-corrected chi connectivity index (χ4v) is 2.72. The standard InChI is InChI=1S/C21H28F2N4/c1-4-24-21(25-12-11-17-7-5-6-8-19(17)22)26-14-16-9-10-20(23)18(13-16)15-27(2)3/h5-10,13H,4,11-12,14-15H2,1-3H3,(H2,24,25,26). The summed E-state index contributed by atoms with van der Waals surface area (Å²) >= 11 is 0. The maximum absolute atomic E-state index is 13.9. The zero-order chi connectivity index (χ0) is 19.6. The molecule has 4 nitrogen and oxygen atoms in total. The molecule has 0 saturated carbocycles. The second-order valence-electron chi connectivity index (χ2n) is 6.63. The highest BCUT2D eigenvalue weighted by atomic mass is 19.1. The van der Waals surface area contributed by atoms with E-state index in [0.29, 0.717) is 43.1 Å². The Morgan fingerprint density at radius 1 is 1.00 bits per heavy atom. The third-order valence-electron chi connectivity index (χ3n) is 4.01. The average molecular weight is 374 g/mol. The van der Waals surface area contributed by atoms with Gasteiger partial charge in [-0.3, -0.25) is 0 Å². The first kappa shape index (κ1) is 20.8. The molecule has 0 saturated heterocycles. The van der Waals surface area contributed by atoms with Gasteiger partial charge >= 0.3 is 0 Å². The predicted molar refractivity (Wildman–Crippen MR) is 107 cm³/mol. The third kappa shape index (κ3) is 6.98. The SMILES string of the molecule is CCNC(=NCc1ccc(F)c(CN(C)C)c1)NCCc1ccccc1F. The van der Waals surface area contributed by atoms with Crippen molar-refractivity contribution < 1.29 is 8.78 Å². The van der Waals surface area contributed by atoms with Crippen LogP contribution >= 0.6 is 0 Å². The minimum Gasteiger partial charge on any atom is -0.357 e. The Morgan fingerprint density at radius 3 is 2.44 bits per heavy atom. The van der Waals surface area contributed by atoms with Gasteiger partial charge in [0.15, 0.2) is 5.96 Å². The number of hydrogen-bond donors (Lipinski definition) is 2. The van der Waals surface area contributed by atoms with E-state index in [1.54, 1.807) is 18.2 Å². The highest BCUT2D eigenvalue weighted by molar-refractivity contribution is 5.79. The molecule has 146 valence electrons. The number of hydrogen-bond acceptors (Lipinski definition) is 2. The van der Waals surface area contributed by atoms with Gasteiger partial charge in [-0.25, -0.2) is 13.8 Å². The fourth-order valence-electron chi connectivity index (χ4n) is 2.72. The number of rotatable bonds is 8. The summed E-state index contributed by atoms with van der Waals surface area (Å²) in [6, 6.07) is 11.9. The molecule has 0 aromatic heterocycles. The molecule has 2 aromatic rings. The molecule has 0 aliphatic rings. The van der Waals surface area contributed by atoms with Crippen molar-refractivity contribution in [2.75, 3.05) is 27.2 Å². The lowest BCUT2D eigenvalue weighted by atomic mass is 10.1. The Hall–Kier alpha value is -2.47. The lowest BCUT2D eigenvalue weighted by Gasteiger charge is -2.13. The number of guanidine groups is 1. The van der Waals surface area contributed by atoms with Crippen LogP contribution in [-0.2, 0) is 19.5 Å². The first-order valence-corrected chi connectivity index (χ1v) is 9.17. The molecule has 0 unspecified atom stereocenters. The second-order valence-corrected chi connectivity index (χ2v) is 6.63. The van der Waals surface area contributed by atoms with Crippen LogP contribution in [-0.4, -0.2) is 38.0 Å². The van der Waals surface area contributed by atoms with E-state index < -0.39 is 0 Å². The fraction of sp³-hybridized carbons (Fsp3) is 0.381. The molecule has 27 heavy (non-hydrogen) atoms. The van der Waals surface area contributed by atoms with Gasteiger partial charge in [-0.05, 0) is 56.8 Å². The van der Waals surface area contributed by atoms with E-state index in [-0.39, 0.29) is 11.6 Å². The van der Waals surface area contributed by atoms with Crippen LogP contribution in [0.4, 0.5) is 8.78 Å². The van der Waals surface area contributed by atoms with Crippen LogP contribution in [0.5, 0.6) is 0 Å². The van der Waals surface area contributed by atoms with Crippen LogP contribution in [0.1, 0.15) is 23.6 Å². The molecule has 2 aromatic carbocycles. The summed E-state index contributed by atoms with van der Waals surface area (Å²) in [6.07, 6.45) is 0.570. The molecule has 6 heteroatoms. The lowest BCUT2D eigenvalue weighted by molar-refractivity contribution is 0.392. The van der Waals surface area contributed by atoms with Crippen molar-refractivity contribution in [2.45, 2.75) is 26.4 Å². The normalized spacial score (nSPS) is 11.7.